The van der Waals surface area contributed by atoms with Crippen LogP contribution in [-0.4, -0.2) is 52.9 Å². The van der Waals surface area contributed by atoms with Crippen LogP contribution < -0.4 is 20.8 Å². The predicted octanol–water partition coefficient (Wildman–Crippen LogP) is 3.76. The maximum Gasteiger partial charge on any atom is 0.280 e. The Morgan fingerprint density at radius 1 is 1.22 bits per heavy atom. The van der Waals surface area contributed by atoms with E-state index in [4.69, 9.17) is 20.6 Å². The van der Waals surface area contributed by atoms with E-state index in [1.54, 1.807) is 27.1 Å². The molecule has 0 saturated carbocycles. The summed E-state index contributed by atoms with van der Waals surface area (Å²) >= 11 is 1.27. The first-order chi connectivity index (χ1) is 17.5. The second kappa shape index (κ2) is 13.6. The van der Waals surface area contributed by atoms with Crippen LogP contribution in [0.1, 0.15) is 36.4 Å². The first-order valence-corrected chi connectivity index (χ1v) is 11.6. The molecule has 0 aliphatic rings. The fourth-order valence-electron chi connectivity index (χ4n) is 3.01. The lowest BCUT2D eigenvalue weighted by molar-refractivity contribution is 0.100. The number of aromatic nitrogens is 3. The molecule has 0 aliphatic heterocycles. The number of methoxy groups -OCH3 is 2. The number of carbonyl (C=O) groups is 1. The number of aryl methyl sites for hydroxylation is 1. The number of nitrogens with zero attached hydrogens (tertiary/aromatic N) is 3. The number of ether oxygens (including phenoxy) is 2. The Morgan fingerprint density at radius 2 is 1.92 bits per heavy atom. The fourth-order valence-corrected chi connectivity index (χ4v) is 3.50. The molecular weight excluding hydrogens is 506 g/mol. The van der Waals surface area contributed by atoms with Gasteiger partial charge in [-0.3, -0.25) is 29.3 Å². The summed E-state index contributed by atoms with van der Waals surface area (Å²) in [7, 11) is 4.72. The number of pyridine rings is 3. The molecule has 1 amide bonds. The summed E-state index contributed by atoms with van der Waals surface area (Å²) in [5.41, 5.74) is 5.76. The summed E-state index contributed by atoms with van der Waals surface area (Å²) in [6.45, 7) is 3.61. The van der Waals surface area contributed by atoms with Crippen LogP contribution in [0, 0.1) is 12.3 Å². The third kappa shape index (κ3) is 7.65. The van der Waals surface area contributed by atoms with Crippen molar-refractivity contribution in [1.82, 2.24) is 19.3 Å². The molecule has 200 valence electrons. The molecule has 1 unspecified atom stereocenters. The van der Waals surface area contributed by atoms with E-state index in [-0.39, 0.29) is 41.3 Å². The van der Waals surface area contributed by atoms with Gasteiger partial charge in [0.25, 0.3) is 17.9 Å². The van der Waals surface area contributed by atoms with Gasteiger partial charge in [-0.1, -0.05) is 0 Å². The van der Waals surface area contributed by atoms with Crippen LogP contribution in [0.15, 0.2) is 47.7 Å². The zero-order chi connectivity index (χ0) is 27.7. The van der Waals surface area contributed by atoms with Crippen molar-refractivity contribution in [3.05, 3.63) is 70.0 Å². The van der Waals surface area contributed by atoms with Crippen molar-refractivity contribution in [2.24, 2.45) is 5.73 Å². The molecule has 3 heterocycles. The molecule has 0 bridgehead atoms. The summed E-state index contributed by atoms with van der Waals surface area (Å²) < 4.78 is 40.4. The normalized spacial score (nSPS) is 11.5. The zero-order valence-corrected chi connectivity index (χ0v) is 21.7. The SMILES string of the molecule is CNSC(=N)C(C)OC.COc1cnc(C(F)F)cc1-c1cc(-n2ccc(C)cc2=O)ncc1C(N)=O.[HH]. The van der Waals surface area contributed by atoms with E-state index in [9.17, 15) is 18.4 Å². The van der Waals surface area contributed by atoms with Crippen LogP contribution in [0.2, 0.25) is 0 Å². The fraction of sp³-hybridized carbons (Fsp3) is 0.292. The van der Waals surface area contributed by atoms with Gasteiger partial charge in [-0.15, -0.1) is 0 Å². The average Bonchev–Trinajstić information content (AvgIpc) is 2.87. The number of hydrogen-bond acceptors (Lipinski definition) is 9. The van der Waals surface area contributed by atoms with Crippen molar-refractivity contribution in [3.8, 4) is 22.7 Å². The van der Waals surface area contributed by atoms with Gasteiger partial charge >= 0.3 is 0 Å². The Kier molecular flexibility index (Phi) is 10.8. The van der Waals surface area contributed by atoms with Crippen LogP contribution in [0.4, 0.5) is 8.78 Å². The molecule has 13 heteroatoms. The molecule has 0 saturated heterocycles. The highest BCUT2D eigenvalue weighted by Gasteiger charge is 2.20. The molecule has 0 fully saturated rings. The van der Waals surface area contributed by atoms with E-state index in [0.717, 1.165) is 17.8 Å². The van der Waals surface area contributed by atoms with Gasteiger partial charge in [-0.2, -0.15) is 0 Å². The second-order valence-electron chi connectivity index (χ2n) is 7.52. The Hall–Kier alpha value is -3.68. The predicted molar refractivity (Wildman–Crippen MR) is 141 cm³/mol. The summed E-state index contributed by atoms with van der Waals surface area (Å²) in [5.74, 6) is -0.439. The molecule has 4 N–H and O–H groups in total. The molecule has 3 rings (SSSR count). The van der Waals surface area contributed by atoms with Crippen LogP contribution in [0.3, 0.4) is 0 Å². The van der Waals surface area contributed by atoms with Crippen LogP contribution in [0.25, 0.3) is 16.9 Å². The highest BCUT2D eigenvalue weighted by molar-refractivity contribution is 8.12. The first kappa shape index (κ1) is 29.5. The van der Waals surface area contributed by atoms with Crippen LogP contribution in [0.5, 0.6) is 5.75 Å². The number of primary amides is 1. The quantitative estimate of drug-likeness (QED) is 0.224. The van der Waals surface area contributed by atoms with E-state index in [2.05, 4.69) is 14.7 Å². The second-order valence-corrected chi connectivity index (χ2v) is 8.58. The van der Waals surface area contributed by atoms with Gasteiger partial charge in [-0.05, 0) is 56.6 Å². The number of nitrogens with one attached hydrogen (secondary N) is 2. The summed E-state index contributed by atoms with van der Waals surface area (Å²) in [6.07, 6.45) is 0.952. The minimum absolute atomic E-state index is 0. The molecule has 10 nitrogen and oxygen atoms in total. The van der Waals surface area contributed by atoms with Crippen molar-refractivity contribution in [2.45, 2.75) is 26.4 Å². The van der Waals surface area contributed by atoms with E-state index in [1.165, 1.54) is 48.2 Å². The van der Waals surface area contributed by atoms with Gasteiger partial charge < -0.3 is 15.2 Å². The highest BCUT2D eigenvalue weighted by Crippen LogP contribution is 2.35. The molecule has 3 aromatic rings. The van der Waals surface area contributed by atoms with Gasteiger partial charge in [0, 0.05) is 38.1 Å². The lowest BCUT2D eigenvalue weighted by Gasteiger charge is -2.14. The van der Waals surface area contributed by atoms with E-state index >= 15 is 0 Å². The van der Waals surface area contributed by atoms with Crippen molar-refractivity contribution in [1.29, 1.82) is 5.41 Å². The van der Waals surface area contributed by atoms with Crippen molar-refractivity contribution >= 4 is 22.9 Å². The van der Waals surface area contributed by atoms with Crippen molar-refractivity contribution < 1.29 is 24.5 Å². The number of rotatable bonds is 8. The minimum Gasteiger partial charge on any atom is -0.494 e. The lowest BCUT2D eigenvalue weighted by atomic mass is 10.00. The summed E-state index contributed by atoms with van der Waals surface area (Å²) in [5, 5.41) is 7.77. The molecule has 0 aliphatic carbocycles. The monoisotopic (exact) mass is 536 g/mol. The van der Waals surface area contributed by atoms with Gasteiger partial charge in [0.05, 0.1) is 18.9 Å². The Balaban J connectivity index is 0.000000622. The smallest absolute Gasteiger partial charge is 0.280 e. The third-order valence-corrected chi connectivity index (χ3v) is 5.79. The molecule has 1 atom stereocenters. The molecule has 0 spiro atoms. The van der Waals surface area contributed by atoms with Gasteiger partial charge in [0.15, 0.2) is 0 Å². The number of halogens is 2. The maximum atomic E-state index is 13.1. The number of carbonyl (C=O) groups excluding carboxylic acids is 1. The van der Waals surface area contributed by atoms with Gasteiger partial charge in [0.1, 0.15) is 28.4 Å². The van der Waals surface area contributed by atoms with E-state index in [0.29, 0.717) is 5.04 Å². The molecular formula is C24H30F2N6O4S. The van der Waals surface area contributed by atoms with E-state index in [1.807, 2.05) is 6.92 Å². The Labute approximate surface area is 218 Å². The third-order valence-electron chi connectivity index (χ3n) is 5.03. The van der Waals surface area contributed by atoms with Gasteiger partial charge in [-0.25, -0.2) is 13.8 Å². The number of nitrogens with two attached hydrogens (primary N) is 1. The largest absolute Gasteiger partial charge is 0.494 e. The first-order valence-electron chi connectivity index (χ1n) is 10.8. The van der Waals surface area contributed by atoms with Crippen LogP contribution >= 0.6 is 11.9 Å². The number of alkyl halides is 2. The molecule has 3 aromatic heterocycles. The lowest BCUT2D eigenvalue weighted by Crippen LogP contribution is -2.19. The zero-order valence-electron chi connectivity index (χ0n) is 20.9. The van der Waals surface area contributed by atoms with E-state index < -0.39 is 18.0 Å². The standard InChI is InChI=1S/C19H16F2N4O3.C5H12N2OS.H2/c1-10-3-4-25(17(26)5-10)16-7-11(13(8-24-16)19(22)27)12-6-14(18(20)21)23-9-15(12)28-2;1-4(8-3)5(6)9-7-2;/h3-9,18H,1-2H3,(H2,22,27);4,6-7H,1-3H3;1H. The average molecular weight is 537 g/mol. The number of amides is 1. The molecule has 37 heavy (non-hydrogen) atoms. The Bertz CT molecular complexity index is 1330. The van der Waals surface area contributed by atoms with Crippen LogP contribution in [-0.2, 0) is 4.74 Å². The Morgan fingerprint density at radius 3 is 2.46 bits per heavy atom. The highest BCUT2D eigenvalue weighted by atomic mass is 32.2. The topological polar surface area (TPSA) is 145 Å². The number of hydrogen-bond donors (Lipinski definition) is 3. The molecule has 0 radical (unpaired) electrons. The minimum atomic E-state index is -2.82. The van der Waals surface area contributed by atoms with Gasteiger partial charge in [0.2, 0.25) is 0 Å². The maximum absolute atomic E-state index is 13.1. The summed E-state index contributed by atoms with van der Waals surface area (Å²) in [6, 6.07) is 5.68. The van der Waals surface area contributed by atoms with Crippen molar-refractivity contribution in [3.63, 3.8) is 0 Å². The van der Waals surface area contributed by atoms with Crippen molar-refractivity contribution in [2.75, 3.05) is 21.3 Å². The summed E-state index contributed by atoms with van der Waals surface area (Å²) in [4.78, 5) is 31.9. The molecule has 0 aromatic carbocycles.